The second-order valence-corrected chi connectivity index (χ2v) is 7.26. The smallest absolute Gasteiger partial charge is 0.318 e. The molecule has 2 aromatic heterocycles. The molecule has 2 unspecified atom stereocenters. The number of urea groups is 1. The zero-order valence-corrected chi connectivity index (χ0v) is 14.8. The Morgan fingerprint density at radius 3 is 3.04 bits per heavy atom. The predicted molar refractivity (Wildman–Crippen MR) is 94.1 cm³/mol. The molecule has 0 saturated carbocycles. The summed E-state index contributed by atoms with van der Waals surface area (Å²) in [4.78, 5) is 15.8. The number of thiophene rings is 1. The van der Waals surface area contributed by atoms with Gasteiger partial charge < -0.3 is 19.4 Å². The average Bonchev–Trinajstić information content (AvgIpc) is 3.30. The molecule has 24 heavy (non-hydrogen) atoms. The van der Waals surface area contributed by atoms with Gasteiger partial charge in [0, 0.05) is 30.5 Å². The molecule has 6 heteroatoms. The first-order valence-electron chi connectivity index (χ1n) is 8.42. The van der Waals surface area contributed by atoms with Crippen molar-refractivity contribution in [3.8, 4) is 0 Å². The monoisotopic (exact) mass is 348 g/mol. The number of amides is 2. The molecule has 5 nitrogen and oxygen atoms in total. The molecule has 1 N–H and O–H groups in total. The predicted octanol–water partition coefficient (Wildman–Crippen LogP) is 3.66. The molecule has 3 heterocycles. The molecule has 0 bridgehead atoms. The number of hydrogen-bond acceptors (Lipinski definition) is 4. The van der Waals surface area contributed by atoms with Gasteiger partial charge in [0.2, 0.25) is 0 Å². The van der Waals surface area contributed by atoms with Crippen LogP contribution in [0.15, 0.2) is 40.3 Å². The van der Waals surface area contributed by atoms with Crippen molar-refractivity contribution in [2.45, 2.75) is 44.9 Å². The maximum Gasteiger partial charge on any atom is 0.318 e. The van der Waals surface area contributed by atoms with E-state index in [9.17, 15) is 4.79 Å². The quantitative estimate of drug-likeness (QED) is 0.831. The molecule has 3 rings (SSSR count). The van der Waals surface area contributed by atoms with Gasteiger partial charge in [-0.3, -0.25) is 0 Å². The molecule has 0 spiro atoms. The van der Waals surface area contributed by atoms with Crippen LogP contribution in [0.1, 0.15) is 30.4 Å². The highest BCUT2D eigenvalue weighted by Crippen LogP contribution is 2.17. The maximum absolute atomic E-state index is 12.7. The van der Waals surface area contributed by atoms with E-state index in [0.29, 0.717) is 19.5 Å². The van der Waals surface area contributed by atoms with Crippen LogP contribution < -0.4 is 5.32 Å². The summed E-state index contributed by atoms with van der Waals surface area (Å²) < 4.78 is 11.1. The van der Waals surface area contributed by atoms with E-state index >= 15 is 0 Å². The molecule has 2 aromatic rings. The van der Waals surface area contributed by atoms with Gasteiger partial charge in [0.05, 0.1) is 18.9 Å². The van der Waals surface area contributed by atoms with Crippen LogP contribution in [0.2, 0.25) is 0 Å². The summed E-state index contributed by atoms with van der Waals surface area (Å²) in [5, 5.41) is 5.12. The van der Waals surface area contributed by atoms with Gasteiger partial charge in [0.25, 0.3) is 0 Å². The van der Waals surface area contributed by atoms with Crippen LogP contribution in [0.4, 0.5) is 4.79 Å². The van der Waals surface area contributed by atoms with Gasteiger partial charge in [-0.05, 0) is 43.3 Å². The Hall–Kier alpha value is -1.79. The fourth-order valence-corrected chi connectivity index (χ4v) is 3.65. The van der Waals surface area contributed by atoms with Crippen molar-refractivity contribution < 1.29 is 13.9 Å². The fraction of sp³-hybridized carbons (Fsp3) is 0.500. The highest BCUT2D eigenvalue weighted by atomic mass is 32.1. The second-order valence-electron chi connectivity index (χ2n) is 6.23. The van der Waals surface area contributed by atoms with E-state index in [4.69, 9.17) is 9.15 Å². The third-order valence-electron chi connectivity index (χ3n) is 4.12. The molecule has 130 valence electrons. The Morgan fingerprint density at radius 1 is 1.46 bits per heavy atom. The molecule has 1 fully saturated rings. The van der Waals surface area contributed by atoms with E-state index in [1.807, 2.05) is 35.4 Å². The lowest BCUT2D eigenvalue weighted by Gasteiger charge is -2.27. The van der Waals surface area contributed by atoms with Gasteiger partial charge in [0.15, 0.2) is 0 Å². The fourth-order valence-electron chi connectivity index (χ4n) is 2.93. The number of furan rings is 1. The normalized spacial score (nSPS) is 18.5. The SMILES string of the molecule is CC(Cc1ccco1)NC(=O)N(Cc1cccs1)CC1CCCO1. The Balaban J connectivity index is 1.58. The first kappa shape index (κ1) is 17.0. The van der Waals surface area contributed by atoms with Crippen LogP contribution >= 0.6 is 11.3 Å². The first-order chi connectivity index (χ1) is 11.7. The molecule has 2 atom stereocenters. The minimum absolute atomic E-state index is 0.0129. The van der Waals surface area contributed by atoms with E-state index in [0.717, 1.165) is 25.2 Å². The van der Waals surface area contributed by atoms with Crippen molar-refractivity contribution >= 4 is 17.4 Å². The van der Waals surface area contributed by atoms with Gasteiger partial charge in [-0.2, -0.15) is 0 Å². The summed E-state index contributed by atoms with van der Waals surface area (Å²) in [6.45, 7) is 4.05. The average molecular weight is 348 g/mol. The Bertz CT molecular complexity index is 606. The summed E-state index contributed by atoms with van der Waals surface area (Å²) in [6, 6.07) is 7.84. The van der Waals surface area contributed by atoms with Crippen LogP contribution in [0.5, 0.6) is 0 Å². The van der Waals surface area contributed by atoms with Crippen LogP contribution in [0.3, 0.4) is 0 Å². The summed E-state index contributed by atoms with van der Waals surface area (Å²) >= 11 is 1.67. The van der Waals surface area contributed by atoms with E-state index in [1.54, 1.807) is 17.6 Å². The van der Waals surface area contributed by atoms with Crippen LogP contribution in [0.25, 0.3) is 0 Å². The van der Waals surface area contributed by atoms with Crippen LogP contribution in [-0.2, 0) is 17.7 Å². The second kappa shape index (κ2) is 8.35. The van der Waals surface area contributed by atoms with Crippen molar-refractivity contribution in [2.24, 2.45) is 0 Å². The van der Waals surface area contributed by atoms with Crippen molar-refractivity contribution in [1.82, 2.24) is 10.2 Å². The van der Waals surface area contributed by atoms with Crippen LogP contribution in [0, 0.1) is 0 Å². The number of hydrogen-bond donors (Lipinski definition) is 1. The van der Waals surface area contributed by atoms with Gasteiger partial charge in [-0.1, -0.05) is 6.07 Å². The number of ether oxygens (including phenoxy) is 1. The molecular weight excluding hydrogens is 324 g/mol. The Morgan fingerprint density at radius 2 is 2.38 bits per heavy atom. The van der Waals surface area contributed by atoms with E-state index in [2.05, 4.69) is 11.4 Å². The zero-order chi connectivity index (χ0) is 16.8. The summed E-state index contributed by atoms with van der Waals surface area (Å²) in [5.74, 6) is 0.881. The molecule has 1 aliphatic rings. The van der Waals surface area contributed by atoms with E-state index in [-0.39, 0.29) is 18.2 Å². The lowest BCUT2D eigenvalue weighted by Crippen LogP contribution is -2.46. The van der Waals surface area contributed by atoms with Gasteiger partial charge >= 0.3 is 6.03 Å². The Labute approximate surface area is 146 Å². The topological polar surface area (TPSA) is 54.7 Å². The van der Waals surface area contributed by atoms with E-state index in [1.165, 1.54) is 4.88 Å². The molecular formula is C18H24N2O3S. The van der Waals surface area contributed by atoms with Crippen LogP contribution in [-0.4, -0.2) is 36.2 Å². The third kappa shape index (κ3) is 4.85. The summed E-state index contributed by atoms with van der Waals surface area (Å²) in [7, 11) is 0. The highest BCUT2D eigenvalue weighted by molar-refractivity contribution is 7.09. The number of carbonyl (C=O) groups excluding carboxylic acids is 1. The Kier molecular flexibility index (Phi) is 5.93. The molecule has 0 aliphatic carbocycles. The van der Waals surface area contributed by atoms with E-state index < -0.39 is 0 Å². The lowest BCUT2D eigenvalue weighted by molar-refractivity contribution is 0.0792. The molecule has 0 aromatic carbocycles. The molecule has 1 saturated heterocycles. The van der Waals surface area contributed by atoms with Gasteiger partial charge in [0.1, 0.15) is 5.76 Å². The van der Waals surface area contributed by atoms with Gasteiger partial charge in [-0.15, -0.1) is 11.3 Å². The minimum Gasteiger partial charge on any atom is -0.469 e. The van der Waals surface area contributed by atoms with Crippen molar-refractivity contribution in [1.29, 1.82) is 0 Å². The number of rotatable bonds is 7. The summed E-state index contributed by atoms with van der Waals surface area (Å²) in [6.07, 6.45) is 4.59. The standard InChI is InChI=1S/C18H24N2O3S/c1-14(11-15-5-2-8-22-15)19-18(21)20(12-16-6-3-9-23-16)13-17-7-4-10-24-17/h2,4-5,7-8,10,14,16H,3,6,9,11-13H2,1H3,(H,19,21). The molecule has 1 aliphatic heterocycles. The van der Waals surface area contributed by atoms with Crippen molar-refractivity contribution in [3.63, 3.8) is 0 Å². The molecule has 2 amide bonds. The van der Waals surface area contributed by atoms with Gasteiger partial charge in [-0.25, -0.2) is 4.79 Å². The molecule has 0 radical (unpaired) electrons. The van der Waals surface area contributed by atoms with Crippen molar-refractivity contribution in [2.75, 3.05) is 13.2 Å². The lowest BCUT2D eigenvalue weighted by atomic mass is 10.2. The highest BCUT2D eigenvalue weighted by Gasteiger charge is 2.24. The summed E-state index contributed by atoms with van der Waals surface area (Å²) in [5.41, 5.74) is 0. The first-order valence-corrected chi connectivity index (χ1v) is 9.30. The largest absolute Gasteiger partial charge is 0.469 e. The number of carbonyl (C=O) groups is 1. The third-order valence-corrected chi connectivity index (χ3v) is 4.98. The maximum atomic E-state index is 12.7. The van der Waals surface area contributed by atoms with Crippen molar-refractivity contribution in [3.05, 3.63) is 46.5 Å². The zero-order valence-electron chi connectivity index (χ0n) is 13.9. The number of nitrogens with zero attached hydrogens (tertiary/aromatic N) is 1. The number of nitrogens with one attached hydrogen (secondary N) is 1. The minimum atomic E-state index is -0.0436.